The topological polar surface area (TPSA) is 70.4 Å². The average Bonchev–Trinajstić information content (AvgIpc) is 3.05. The van der Waals surface area contributed by atoms with Crippen molar-refractivity contribution in [3.63, 3.8) is 0 Å². The summed E-state index contributed by atoms with van der Waals surface area (Å²) in [6.07, 6.45) is -0.0611. The third kappa shape index (κ3) is 2.08. The molecule has 0 fully saturated rings. The highest BCUT2D eigenvalue weighted by Crippen LogP contribution is 2.47. The summed E-state index contributed by atoms with van der Waals surface area (Å²) in [6, 6.07) is 12.9. The third-order valence-electron chi connectivity index (χ3n) is 5.03. The quantitative estimate of drug-likeness (QED) is 0.679. The van der Waals surface area contributed by atoms with Crippen LogP contribution >= 0.6 is 0 Å². The van der Waals surface area contributed by atoms with E-state index >= 15 is 0 Å². The van der Waals surface area contributed by atoms with Crippen molar-refractivity contribution in [1.82, 2.24) is 9.55 Å². The minimum Gasteiger partial charge on any atom is -0.496 e. The number of imidazole rings is 1. The highest BCUT2D eigenvalue weighted by Gasteiger charge is 2.47. The first kappa shape index (κ1) is 16.3. The highest BCUT2D eigenvalue weighted by atomic mass is 16.5. The zero-order valence-corrected chi connectivity index (χ0v) is 14.8. The first-order valence-electron chi connectivity index (χ1n) is 8.28. The van der Waals surface area contributed by atoms with Crippen LogP contribution in [0.4, 0.5) is 0 Å². The molecule has 6 nitrogen and oxygen atoms in total. The monoisotopic (exact) mass is 350 g/mol. The molecular formula is C20H18N2O4. The SMILES string of the molecule is COC(=O)CC1(C)C(=O)n2c(nc3ccccc32)-c2c(OC)cccc21. The Morgan fingerprint density at radius 3 is 2.65 bits per heavy atom. The lowest BCUT2D eigenvalue weighted by atomic mass is 9.74. The standard InChI is InChI=1S/C20H18N2O4/c1-20(11-16(23)26-3)12-7-6-10-15(25-2)17(12)18-21-13-8-4-5-9-14(13)22(18)19(20)24/h4-10H,11H2,1-3H3. The molecule has 4 rings (SSSR count). The van der Waals surface area contributed by atoms with E-state index < -0.39 is 11.4 Å². The first-order valence-corrected chi connectivity index (χ1v) is 8.28. The molecule has 2 heterocycles. The normalized spacial score (nSPS) is 18.3. The fourth-order valence-corrected chi connectivity index (χ4v) is 3.68. The molecule has 1 aromatic heterocycles. The molecule has 0 aliphatic carbocycles. The summed E-state index contributed by atoms with van der Waals surface area (Å²) < 4.78 is 12.0. The van der Waals surface area contributed by atoms with Gasteiger partial charge in [0.25, 0.3) is 0 Å². The average molecular weight is 350 g/mol. The second-order valence-electron chi connectivity index (χ2n) is 6.53. The summed E-state index contributed by atoms with van der Waals surface area (Å²) in [6.45, 7) is 1.77. The van der Waals surface area contributed by atoms with Crippen LogP contribution in [0.2, 0.25) is 0 Å². The number of para-hydroxylation sites is 2. The number of hydrogen-bond donors (Lipinski definition) is 0. The fourth-order valence-electron chi connectivity index (χ4n) is 3.68. The fraction of sp³-hybridized carbons (Fsp3) is 0.250. The molecule has 1 aliphatic rings. The molecule has 0 amide bonds. The van der Waals surface area contributed by atoms with Crippen LogP contribution in [-0.4, -0.2) is 35.6 Å². The molecule has 1 unspecified atom stereocenters. The van der Waals surface area contributed by atoms with Crippen LogP contribution in [0.5, 0.6) is 5.75 Å². The van der Waals surface area contributed by atoms with Crippen molar-refractivity contribution in [2.75, 3.05) is 14.2 Å². The highest BCUT2D eigenvalue weighted by molar-refractivity contribution is 6.06. The molecule has 2 aromatic carbocycles. The summed E-state index contributed by atoms with van der Waals surface area (Å²) in [5.41, 5.74) is 1.80. The van der Waals surface area contributed by atoms with Gasteiger partial charge in [0.15, 0.2) is 5.82 Å². The molecule has 26 heavy (non-hydrogen) atoms. The molecule has 6 heteroatoms. The van der Waals surface area contributed by atoms with E-state index in [-0.39, 0.29) is 12.3 Å². The summed E-state index contributed by atoms with van der Waals surface area (Å²) in [7, 11) is 2.90. The molecule has 0 N–H and O–H groups in total. The van der Waals surface area contributed by atoms with E-state index in [4.69, 9.17) is 9.47 Å². The van der Waals surface area contributed by atoms with Gasteiger partial charge in [-0.05, 0) is 30.7 Å². The van der Waals surface area contributed by atoms with Crippen molar-refractivity contribution in [3.8, 4) is 17.1 Å². The van der Waals surface area contributed by atoms with Gasteiger partial charge in [-0.15, -0.1) is 0 Å². The summed E-state index contributed by atoms with van der Waals surface area (Å²) in [5, 5.41) is 0. The predicted molar refractivity (Wildman–Crippen MR) is 96.3 cm³/mol. The van der Waals surface area contributed by atoms with Crippen molar-refractivity contribution in [1.29, 1.82) is 0 Å². The van der Waals surface area contributed by atoms with Gasteiger partial charge in [0.2, 0.25) is 5.91 Å². The first-order chi connectivity index (χ1) is 12.5. The molecule has 0 radical (unpaired) electrons. The maximum Gasteiger partial charge on any atom is 0.306 e. The Morgan fingerprint density at radius 1 is 1.15 bits per heavy atom. The van der Waals surface area contributed by atoms with Crippen LogP contribution < -0.4 is 4.74 Å². The van der Waals surface area contributed by atoms with E-state index in [0.717, 1.165) is 16.6 Å². The Balaban J connectivity index is 2.09. The van der Waals surface area contributed by atoms with Crippen LogP contribution in [-0.2, 0) is 14.9 Å². The molecular weight excluding hydrogens is 332 g/mol. The molecule has 132 valence electrons. The maximum absolute atomic E-state index is 13.5. The Labute approximate surface area is 150 Å². The Hall–Kier alpha value is -3.15. The van der Waals surface area contributed by atoms with Gasteiger partial charge >= 0.3 is 5.97 Å². The second-order valence-corrected chi connectivity index (χ2v) is 6.53. The van der Waals surface area contributed by atoms with E-state index in [1.807, 2.05) is 42.5 Å². The molecule has 0 spiro atoms. The number of benzene rings is 2. The van der Waals surface area contributed by atoms with Gasteiger partial charge in [0, 0.05) is 0 Å². The van der Waals surface area contributed by atoms with Crippen molar-refractivity contribution in [2.24, 2.45) is 0 Å². The number of rotatable bonds is 3. The van der Waals surface area contributed by atoms with Crippen molar-refractivity contribution < 1.29 is 19.1 Å². The van der Waals surface area contributed by atoms with Crippen LogP contribution in [0.3, 0.4) is 0 Å². The lowest BCUT2D eigenvalue weighted by Crippen LogP contribution is -2.42. The van der Waals surface area contributed by atoms with Gasteiger partial charge in [-0.2, -0.15) is 0 Å². The molecule has 3 aromatic rings. The number of carbonyl (C=O) groups is 2. The second kappa shape index (κ2) is 5.69. The number of carbonyl (C=O) groups excluding carboxylic acids is 2. The lowest BCUT2D eigenvalue weighted by Gasteiger charge is -2.34. The van der Waals surface area contributed by atoms with E-state index in [0.29, 0.717) is 17.1 Å². The summed E-state index contributed by atoms with van der Waals surface area (Å²) >= 11 is 0. The minimum atomic E-state index is -1.08. The lowest BCUT2D eigenvalue weighted by molar-refractivity contribution is -0.141. The number of methoxy groups -OCH3 is 2. The van der Waals surface area contributed by atoms with Crippen LogP contribution in [0, 0.1) is 0 Å². The number of aromatic nitrogens is 2. The Morgan fingerprint density at radius 2 is 1.92 bits per heavy atom. The van der Waals surface area contributed by atoms with Crippen LogP contribution in [0.15, 0.2) is 42.5 Å². The number of ether oxygens (including phenoxy) is 2. The number of nitrogens with zero attached hydrogens (tertiary/aromatic N) is 2. The van der Waals surface area contributed by atoms with Gasteiger partial charge in [-0.25, -0.2) is 4.98 Å². The van der Waals surface area contributed by atoms with Gasteiger partial charge in [-0.3, -0.25) is 14.2 Å². The van der Waals surface area contributed by atoms with Gasteiger partial charge in [0.05, 0.1) is 42.7 Å². The van der Waals surface area contributed by atoms with Crippen LogP contribution in [0.25, 0.3) is 22.4 Å². The summed E-state index contributed by atoms with van der Waals surface area (Å²) in [5.74, 6) is 0.503. The van der Waals surface area contributed by atoms with E-state index in [1.165, 1.54) is 7.11 Å². The smallest absolute Gasteiger partial charge is 0.306 e. The maximum atomic E-state index is 13.5. The largest absolute Gasteiger partial charge is 0.496 e. The van der Waals surface area contributed by atoms with Crippen molar-refractivity contribution in [3.05, 3.63) is 48.0 Å². The third-order valence-corrected chi connectivity index (χ3v) is 5.03. The van der Waals surface area contributed by atoms with Gasteiger partial charge in [0.1, 0.15) is 5.75 Å². The number of fused-ring (bicyclic) bond motifs is 5. The van der Waals surface area contributed by atoms with Crippen molar-refractivity contribution >= 4 is 22.9 Å². The summed E-state index contributed by atoms with van der Waals surface area (Å²) in [4.78, 5) is 30.2. The molecule has 1 atom stereocenters. The zero-order chi connectivity index (χ0) is 18.5. The molecule has 1 aliphatic heterocycles. The molecule has 0 saturated carbocycles. The molecule has 0 bridgehead atoms. The van der Waals surface area contributed by atoms with Gasteiger partial charge in [-0.1, -0.05) is 24.3 Å². The van der Waals surface area contributed by atoms with E-state index in [9.17, 15) is 9.59 Å². The van der Waals surface area contributed by atoms with Gasteiger partial charge < -0.3 is 9.47 Å². The molecule has 0 saturated heterocycles. The van der Waals surface area contributed by atoms with Crippen LogP contribution in [0.1, 0.15) is 23.7 Å². The van der Waals surface area contributed by atoms with E-state index in [1.54, 1.807) is 18.6 Å². The Bertz CT molecular complexity index is 1050. The van der Waals surface area contributed by atoms with Crippen molar-refractivity contribution in [2.45, 2.75) is 18.8 Å². The predicted octanol–water partition coefficient (Wildman–Crippen LogP) is 3.19. The zero-order valence-electron chi connectivity index (χ0n) is 14.8. The number of hydrogen-bond acceptors (Lipinski definition) is 5. The minimum absolute atomic E-state index is 0.0611. The Kier molecular flexibility index (Phi) is 3.57. The number of esters is 1. The van der Waals surface area contributed by atoms with E-state index in [2.05, 4.69) is 4.98 Å².